The predicted octanol–water partition coefficient (Wildman–Crippen LogP) is 4.86. The van der Waals surface area contributed by atoms with E-state index in [0.29, 0.717) is 0 Å². The molecule has 1 aliphatic rings. The highest BCUT2D eigenvalue weighted by Crippen LogP contribution is 2.30. The monoisotopic (exact) mass is 460 g/mol. The molecule has 0 radical (unpaired) electrons. The average Bonchev–Trinajstić information content (AvgIpc) is 3.44. The molecular formula is C25H28N6OS. The van der Waals surface area contributed by atoms with E-state index >= 15 is 0 Å². The fourth-order valence-electron chi connectivity index (χ4n) is 4.24. The minimum Gasteiger partial charge on any atom is -0.395 e. The largest absolute Gasteiger partial charge is 0.395 e. The first kappa shape index (κ1) is 21.8. The maximum Gasteiger partial charge on any atom is 0.190 e. The number of thiazole rings is 1. The number of aryl methyl sites for hydroxylation is 1. The number of hydrogen-bond donors (Lipinski definition) is 2. The second-order valence-corrected chi connectivity index (χ2v) is 9.51. The van der Waals surface area contributed by atoms with Crippen LogP contribution in [0.1, 0.15) is 24.0 Å². The van der Waals surface area contributed by atoms with Crippen molar-refractivity contribution in [3.8, 4) is 0 Å². The summed E-state index contributed by atoms with van der Waals surface area (Å²) >= 11 is 1.52. The first-order valence-corrected chi connectivity index (χ1v) is 12.1. The van der Waals surface area contributed by atoms with Gasteiger partial charge in [-0.25, -0.2) is 15.0 Å². The highest BCUT2D eigenvalue weighted by Gasteiger charge is 2.23. The Morgan fingerprint density at radius 1 is 1.15 bits per heavy atom. The van der Waals surface area contributed by atoms with E-state index in [1.807, 2.05) is 31.4 Å². The summed E-state index contributed by atoms with van der Waals surface area (Å²) in [6.45, 7) is 4.15. The first-order valence-electron chi connectivity index (χ1n) is 11.2. The van der Waals surface area contributed by atoms with Crippen LogP contribution in [0.25, 0.3) is 10.3 Å². The number of hydrogen-bond acceptors (Lipinski definition) is 8. The highest BCUT2D eigenvalue weighted by atomic mass is 32.1. The number of benzene rings is 1. The lowest BCUT2D eigenvalue weighted by Gasteiger charge is -2.22. The summed E-state index contributed by atoms with van der Waals surface area (Å²) in [5, 5.41) is 13.7. The fourth-order valence-corrected chi connectivity index (χ4v) is 5.08. The van der Waals surface area contributed by atoms with E-state index in [1.54, 1.807) is 0 Å². The molecule has 2 N–H and O–H groups in total. The molecule has 0 amide bonds. The summed E-state index contributed by atoms with van der Waals surface area (Å²) in [6, 6.07) is 16.8. The van der Waals surface area contributed by atoms with Crippen LogP contribution in [0.4, 0.5) is 22.5 Å². The molecule has 170 valence electrons. The molecule has 33 heavy (non-hydrogen) atoms. The van der Waals surface area contributed by atoms with Crippen molar-refractivity contribution in [2.45, 2.75) is 32.4 Å². The summed E-state index contributed by atoms with van der Waals surface area (Å²) in [7, 11) is 2.02. The van der Waals surface area contributed by atoms with Gasteiger partial charge in [0.15, 0.2) is 5.13 Å². The molecule has 0 spiro atoms. The number of pyridine rings is 2. The number of anilines is 4. The topological polar surface area (TPSA) is 77.4 Å². The van der Waals surface area contributed by atoms with Gasteiger partial charge in [0.05, 0.1) is 6.61 Å². The Balaban J connectivity index is 1.32. The second-order valence-electron chi connectivity index (χ2n) is 8.53. The minimum absolute atomic E-state index is 0.218. The van der Waals surface area contributed by atoms with Gasteiger partial charge >= 0.3 is 0 Å². The lowest BCUT2D eigenvalue weighted by atomic mass is 10.2. The minimum atomic E-state index is 0.218. The van der Waals surface area contributed by atoms with E-state index in [9.17, 15) is 5.11 Å². The van der Waals surface area contributed by atoms with Crippen LogP contribution in [0.5, 0.6) is 0 Å². The van der Waals surface area contributed by atoms with E-state index in [2.05, 4.69) is 57.4 Å². The quantitative estimate of drug-likeness (QED) is 0.408. The Bertz CT molecular complexity index is 1240. The molecule has 4 heterocycles. The van der Waals surface area contributed by atoms with Gasteiger partial charge in [-0.15, -0.1) is 0 Å². The number of aliphatic hydroxyl groups excluding tert-OH is 1. The van der Waals surface area contributed by atoms with E-state index in [4.69, 9.17) is 9.97 Å². The van der Waals surface area contributed by atoms with Gasteiger partial charge in [-0.1, -0.05) is 29.0 Å². The van der Waals surface area contributed by atoms with Gasteiger partial charge in [-0.3, -0.25) is 4.90 Å². The lowest BCUT2D eigenvalue weighted by Crippen LogP contribution is -2.31. The number of nitrogens with one attached hydrogen (secondary N) is 1. The molecule has 5 rings (SSSR count). The zero-order valence-electron chi connectivity index (χ0n) is 18.9. The number of likely N-dealkylation sites (tertiary alicyclic amines) is 1. The zero-order chi connectivity index (χ0) is 22.8. The van der Waals surface area contributed by atoms with E-state index in [0.717, 1.165) is 58.7 Å². The van der Waals surface area contributed by atoms with Crippen LogP contribution in [0, 0.1) is 6.92 Å². The number of aliphatic hydroxyl groups is 1. The second kappa shape index (κ2) is 9.43. The van der Waals surface area contributed by atoms with Gasteiger partial charge in [0.2, 0.25) is 0 Å². The SMILES string of the molecule is Cc1ccc(N(C)c2ccc3nc(Nc4cc(CN5CCC[C@H]5CO)ccn4)sc3n2)cc1. The predicted molar refractivity (Wildman–Crippen MR) is 135 cm³/mol. The van der Waals surface area contributed by atoms with Gasteiger partial charge in [0.1, 0.15) is 22.0 Å². The van der Waals surface area contributed by atoms with Crippen LogP contribution in [-0.2, 0) is 6.54 Å². The number of rotatable bonds is 7. The maximum atomic E-state index is 9.58. The summed E-state index contributed by atoms with van der Waals surface area (Å²) in [6.07, 6.45) is 4.02. The maximum absolute atomic E-state index is 9.58. The van der Waals surface area contributed by atoms with Gasteiger partial charge < -0.3 is 15.3 Å². The van der Waals surface area contributed by atoms with Crippen LogP contribution >= 0.6 is 11.3 Å². The normalized spacial score (nSPS) is 16.4. The van der Waals surface area contributed by atoms with Crippen molar-refractivity contribution in [2.75, 3.05) is 30.4 Å². The Hall–Kier alpha value is -3.07. The van der Waals surface area contributed by atoms with Crippen LogP contribution in [0.15, 0.2) is 54.7 Å². The van der Waals surface area contributed by atoms with E-state index in [-0.39, 0.29) is 12.6 Å². The molecule has 0 bridgehead atoms. The van der Waals surface area contributed by atoms with E-state index < -0.39 is 0 Å². The number of aromatic nitrogens is 3. The van der Waals surface area contributed by atoms with E-state index in [1.165, 1.54) is 22.5 Å². The van der Waals surface area contributed by atoms with Crippen LogP contribution in [-0.4, -0.2) is 51.2 Å². The van der Waals surface area contributed by atoms with Crippen LogP contribution < -0.4 is 10.2 Å². The van der Waals surface area contributed by atoms with Crippen LogP contribution in [0.3, 0.4) is 0 Å². The Kier molecular flexibility index (Phi) is 6.22. The van der Waals surface area contributed by atoms with Gasteiger partial charge in [0, 0.05) is 31.5 Å². The van der Waals surface area contributed by atoms with Gasteiger partial charge in [0.25, 0.3) is 0 Å². The lowest BCUT2D eigenvalue weighted by molar-refractivity contribution is 0.153. The van der Waals surface area contributed by atoms with Crippen molar-refractivity contribution in [1.82, 2.24) is 19.9 Å². The summed E-state index contributed by atoms with van der Waals surface area (Å²) < 4.78 is 0. The Labute approximate surface area is 197 Å². The molecule has 1 fully saturated rings. The molecule has 3 aromatic heterocycles. The number of fused-ring (bicyclic) bond motifs is 1. The summed E-state index contributed by atoms with van der Waals surface area (Å²) in [4.78, 5) is 19.3. The Morgan fingerprint density at radius 3 is 2.82 bits per heavy atom. The van der Waals surface area contributed by atoms with Crippen molar-refractivity contribution < 1.29 is 5.11 Å². The molecule has 0 saturated carbocycles. The third-order valence-corrected chi connectivity index (χ3v) is 7.04. The zero-order valence-corrected chi connectivity index (χ0v) is 19.7. The first-order chi connectivity index (χ1) is 16.1. The molecule has 1 aromatic carbocycles. The molecule has 4 aromatic rings. The van der Waals surface area contributed by atoms with Crippen molar-refractivity contribution in [3.63, 3.8) is 0 Å². The molecule has 7 nitrogen and oxygen atoms in total. The molecular weight excluding hydrogens is 432 g/mol. The molecule has 0 unspecified atom stereocenters. The molecule has 1 aliphatic heterocycles. The summed E-state index contributed by atoms with van der Waals surface area (Å²) in [5.41, 5.74) is 4.37. The average molecular weight is 461 g/mol. The van der Waals surface area contributed by atoms with Crippen LogP contribution in [0.2, 0.25) is 0 Å². The van der Waals surface area contributed by atoms with Crippen molar-refractivity contribution in [3.05, 3.63) is 65.9 Å². The smallest absolute Gasteiger partial charge is 0.190 e. The molecule has 8 heteroatoms. The molecule has 0 aliphatic carbocycles. The Morgan fingerprint density at radius 2 is 2.00 bits per heavy atom. The third-order valence-electron chi connectivity index (χ3n) is 6.16. The summed E-state index contributed by atoms with van der Waals surface area (Å²) in [5.74, 6) is 1.65. The van der Waals surface area contributed by atoms with Crippen molar-refractivity contribution >= 4 is 44.1 Å². The van der Waals surface area contributed by atoms with Gasteiger partial charge in [-0.05, 0) is 68.3 Å². The fraction of sp³-hybridized carbons (Fsp3) is 0.320. The molecule has 1 atom stereocenters. The molecule has 1 saturated heterocycles. The van der Waals surface area contributed by atoms with Crippen molar-refractivity contribution in [2.24, 2.45) is 0 Å². The number of nitrogens with zero attached hydrogens (tertiary/aromatic N) is 5. The standard InChI is InChI=1S/C25H28N6OS/c1-17-5-7-19(8-6-17)30(2)23-10-9-21-24(29-23)33-25(27-21)28-22-14-18(11-12-26-22)15-31-13-3-4-20(31)16-32/h5-12,14,20,32H,3-4,13,15-16H2,1-2H3,(H,26,27,28)/t20-/m0/s1. The third kappa shape index (κ3) is 4.83. The van der Waals surface area contributed by atoms with Crippen molar-refractivity contribution in [1.29, 1.82) is 0 Å². The highest BCUT2D eigenvalue weighted by molar-refractivity contribution is 7.21. The van der Waals surface area contributed by atoms with Gasteiger partial charge in [-0.2, -0.15) is 0 Å².